The number of hydrogen-bond donors (Lipinski definition) is 1. The molecule has 0 spiro atoms. The molecule has 1 N–H and O–H groups in total. The first kappa shape index (κ1) is 10.8. The molecule has 3 aromatic rings. The van der Waals surface area contributed by atoms with Crippen LogP contribution >= 0.6 is 0 Å². The van der Waals surface area contributed by atoms with Gasteiger partial charge in [0.25, 0.3) is 0 Å². The highest BCUT2D eigenvalue weighted by Crippen LogP contribution is 2.10. The van der Waals surface area contributed by atoms with Gasteiger partial charge in [-0.05, 0) is 23.8 Å². The highest BCUT2D eigenvalue weighted by atomic mass is 16.1. The molecule has 1 heterocycles. The molecule has 2 aromatic carbocycles. The molecule has 0 aliphatic heterocycles. The molecule has 0 unspecified atom stereocenters. The number of nitrogens with one attached hydrogen (secondary N) is 1. The van der Waals surface area contributed by atoms with Crippen LogP contribution in [0.1, 0.15) is 11.3 Å². The number of aromatic nitrogens is 1. The quantitative estimate of drug-likeness (QED) is 0.725. The Hall–Kier alpha value is -2.35. The van der Waals surface area contributed by atoms with E-state index in [9.17, 15) is 4.79 Å². The average Bonchev–Trinajstić information content (AvgIpc) is 2.40. The van der Waals surface area contributed by atoms with Crippen molar-refractivity contribution in [1.29, 1.82) is 0 Å². The predicted octanol–water partition coefficient (Wildman–Crippen LogP) is 2.72. The van der Waals surface area contributed by atoms with Gasteiger partial charge in [-0.3, -0.25) is 4.79 Å². The maximum absolute atomic E-state index is 11.9. The molecule has 0 fully saturated rings. The maximum Gasteiger partial charge on any atom is 0.197 e. The molecule has 0 bridgehead atoms. The largest absolute Gasteiger partial charge is 0.357 e. The smallest absolute Gasteiger partial charge is 0.197 e. The third-order valence-electron chi connectivity index (χ3n) is 2.88. The molecule has 2 radical (unpaired) electrons. The Labute approximate surface area is 105 Å². The second-order valence-electron chi connectivity index (χ2n) is 4.19. The minimum atomic E-state index is -0.0660. The van der Waals surface area contributed by atoms with Gasteiger partial charge in [0.05, 0.1) is 11.6 Å². The van der Waals surface area contributed by atoms with Crippen LogP contribution in [0, 0.1) is 12.1 Å². The summed E-state index contributed by atoms with van der Waals surface area (Å²) in [5, 5.41) is 0.658. The van der Waals surface area contributed by atoms with E-state index in [1.807, 2.05) is 30.3 Å². The van der Waals surface area contributed by atoms with E-state index >= 15 is 0 Å². The number of rotatable bonds is 2. The van der Waals surface area contributed by atoms with Crippen molar-refractivity contribution in [3.8, 4) is 0 Å². The van der Waals surface area contributed by atoms with Crippen molar-refractivity contribution in [2.75, 3.05) is 0 Å². The Morgan fingerprint density at radius 3 is 2.78 bits per heavy atom. The summed E-state index contributed by atoms with van der Waals surface area (Å²) in [5.74, 6) is 0. The van der Waals surface area contributed by atoms with Crippen LogP contribution in [0.25, 0.3) is 10.9 Å². The lowest BCUT2D eigenvalue weighted by molar-refractivity contribution is 1.09. The van der Waals surface area contributed by atoms with Gasteiger partial charge in [-0.2, -0.15) is 0 Å². The highest BCUT2D eigenvalue weighted by Gasteiger charge is 2.02. The lowest BCUT2D eigenvalue weighted by atomic mass is 10.1. The normalized spacial score (nSPS) is 10.7. The molecule has 0 aliphatic carbocycles. The Morgan fingerprint density at radius 1 is 1.11 bits per heavy atom. The van der Waals surface area contributed by atoms with E-state index < -0.39 is 0 Å². The molecule has 0 atom stereocenters. The molecular formula is C16H11NO. The SMILES string of the molecule is O=c1[c]c(Cc2ccccc2)[nH]c2c[c]ccc12. The summed E-state index contributed by atoms with van der Waals surface area (Å²) in [5.41, 5.74) is 2.71. The summed E-state index contributed by atoms with van der Waals surface area (Å²) in [7, 11) is 0. The fourth-order valence-corrected chi connectivity index (χ4v) is 2.02. The van der Waals surface area contributed by atoms with Crippen LogP contribution in [0.5, 0.6) is 0 Å². The number of fused-ring (bicyclic) bond motifs is 1. The minimum absolute atomic E-state index is 0.0660. The molecule has 3 rings (SSSR count). The molecule has 0 aliphatic rings. The molecule has 0 saturated heterocycles. The van der Waals surface area contributed by atoms with Gasteiger partial charge >= 0.3 is 0 Å². The number of H-pyrrole nitrogens is 1. The maximum atomic E-state index is 11.9. The third-order valence-corrected chi connectivity index (χ3v) is 2.88. The molecular weight excluding hydrogens is 222 g/mol. The molecule has 2 heteroatoms. The van der Waals surface area contributed by atoms with Gasteiger partial charge in [-0.25, -0.2) is 0 Å². The van der Waals surface area contributed by atoms with Gasteiger partial charge in [0.1, 0.15) is 0 Å². The minimum Gasteiger partial charge on any atom is -0.357 e. The Kier molecular flexibility index (Phi) is 2.69. The van der Waals surface area contributed by atoms with Crippen LogP contribution in [0.3, 0.4) is 0 Å². The predicted molar refractivity (Wildman–Crippen MR) is 71.5 cm³/mol. The van der Waals surface area contributed by atoms with Gasteiger partial charge in [-0.1, -0.05) is 36.4 Å². The van der Waals surface area contributed by atoms with Crippen LogP contribution in [-0.4, -0.2) is 4.98 Å². The molecule has 0 saturated carbocycles. The zero-order valence-electron chi connectivity index (χ0n) is 9.73. The topological polar surface area (TPSA) is 32.9 Å². The highest BCUT2D eigenvalue weighted by molar-refractivity contribution is 5.77. The first-order valence-corrected chi connectivity index (χ1v) is 5.81. The van der Waals surface area contributed by atoms with E-state index in [1.54, 1.807) is 18.2 Å². The lowest BCUT2D eigenvalue weighted by Crippen LogP contribution is -2.06. The zero-order chi connectivity index (χ0) is 12.4. The van der Waals surface area contributed by atoms with Crippen LogP contribution in [0.2, 0.25) is 0 Å². The first-order valence-electron chi connectivity index (χ1n) is 5.81. The van der Waals surface area contributed by atoms with E-state index in [0.29, 0.717) is 11.8 Å². The van der Waals surface area contributed by atoms with Gasteiger partial charge in [-0.15, -0.1) is 0 Å². The number of aromatic amines is 1. The lowest BCUT2D eigenvalue weighted by Gasteiger charge is -2.03. The van der Waals surface area contributed by atoms with Crippen molar-refractivity contribution < 1.29 is 0 Å². The number of hydrogen-bond acceptors (Lipinski definition) is 1. The van der Waals surface area contributed by atoms with Crippen molar-refractivity contribution in [3.63, 3.8) is 0 Å². The molecule has 0 amide bonds. The summed E-state index contributed by atoms with van der Waals surface area (Å²) >= 11 is 0. The van der Waals surface area contributed by atoms with Crippen molar-refractivity contribution in [2.45, 2.75) is 6.42 Å². The van der Waals surface area contributed by atoms with E-state index in [4.69, 9.17) is 0 Å². The third kappa shape index (κ3) is 2.05. The zero-order valence-corrected chi connectivity index (χ0v) is 9.73. The van der Waals surface area contributed by atoms with Crippen molar-refractivity contribution >= 4 is 10.9 Å². The summed E-state index contributed by atoms with van der Waals surface area (Å²) in [4.78, 5) is 15.1. The van der Waals surface area contributed by atoms with Crippen molar-refractivity contribution in [3.05, 3.63) is 82.1 Å². The van der Waals surface area contributed by atoms with Crippen molar-refractivity contribution in [1.82, 2.24) is 4.98 Å². The van der Waals surface area contributed by atoms with E-state index in [2.05, 4.69) is 17.1 Å². The Morgan fingerprint density at radius 2 is 1.94 bits per heavy atom. The Bertz CT molecular complexity index is 729. The second kappa shape index (κ2) is 4.49. The molecule has 18 heavy (non-hydrogen) atoms. The van der Waals surface area contributed by atoms with Gasteiger partial charge in [0.15, 0.2) is 5.43 Å². The summed E-state index contributed by atoms with van der Waals surface area (Å²) in [6.45, 7) is 0. The first-order chi connectivity index (χ1) is 8.83. The molecule has 1 aromatic heterocycles. The summed E-state index contributed by atoms with van der Waals surface area (Å²) in [6.07, 6.45) is 0.681. The molecule has 86 valence electrons. The monoisotopic (exact) mass is 233 g/mol. The summed E-state index contributed by atoms with van der Waals surface area (Å²) in [6, 6.07) is 21.2. The number of pyridine rings is 1. The van der Waals surface area contributed by atoms with Crippen LogP contribution < -0.4 is 5.43 Å². The average molecular weight is 233 g/mol. The van der Waals surface area contributed by atoms with Gasteiger partial charge in [0, 0.05) is 17.5 Å². The fourth-order valence-electron chi connectivity index (χ4n) is 2.02. The van der Waals surface area contributed by atoms with Crippen LogP contribution in [0.4, 0.5) is 0 Å². The van der Waals surface area contributed by atoms with Crippen molar-refractivity contribution in [2.24, 2.45) is 0 Å². The van der Waals surface area contributed by atoms with E-state index in [1.165, 1.54) is 0 Å². The van der Waals surface area contributed by atoms with E-state index in [-0.39, 0.29) is 5.43 Å². The second-order valence-corrected chi connectivity index (χ2v) is 4.19. The van der Waals surface area contributed by atoms with Crippen LogP contribution in [0.15, 0.2) is 53.3 Å². The standard InChI is InChI=1S/C16H11NO/c18-16-11-13(10-12-6-2-1-3-7-12)17-15-9-5-4-8-14(15)16/h1-4,6-9H,10H2,(H,17,18). The van der Waals surface area contributed by atoms with Gasteiger partial charge in [0.2, 0.25) is 0 Å². The summed E-state index contributed by atoms with van der Waals surface area (Å²) < 4.78 is 0. The van der Waals surface area contributed by atoms with E-state index in [0.717, 1.165) is 16.8 Å². The Balaban J connectivity index is 2.06. The molecule has 2 nitrogen and oxygen atoms in total. The van der Waals surface area contributed by atoms with Gasteiger partial charge < -0.3 is 4.98 Å². The fraction of sp³-hybridized carbons (Fsp3) is 0.0625. The van der Waals surface area contributed by atoms with Crippen LogP contribution in [-0.2, 0) is 6.42 Å². The number of benzene rings is 2.